The van der Waals surface area contributed by atoms with Crippen LogP contribution in [0.25, 0.3) is 0 Å². The van der Waals surface area contributed by atoms with Crippen molar-refractivity contribution < 1.29 is 13.4 Å². The van der Waals surface area contributed by atoms with E-state index >= 15 is 0 Å². The fourth-order valence-corrected chi connectivity index (χ4v) is 5.89. The van der Waals surface area contributed by atoms with Gasteiger partial charge in [0, 0.05) is 11.9 Å². The molecule has 1 aliphatic rings. The van der Waals surface area contributed by atoms with Crippen LogP contribution in [-0.4, -0.2) is 13.1 Å². The maximum atomic E-state index is 4.83. The normalized spacial score (nSPS) is 18.0. The molecule has 0 spiro atoms. The van der Waals surface area contributed by atoms with E-state index in [9.17, 15) is 0 Å². The quantitative estimate of drug-likeness (QED) is 0.352. The van der Waals surface area contributed by atoms with Gasteiger partial charge in [-0.1, -0.05) is 50.0 Å². The Bertz CT molecular complexity index is 631. The summed E-state index contributed by atoms with van der Waals surface area (Å²) in [5, 5.41) is 0. The molecule has 1 aromatic carbocycles. The average Bonchev–Trinajstić information content (AvgIpc) is 3.02. The second-order valence-corrected chi connectivity index (χ2v) is 14.9. The number of benzene rings is 1. The van der Waals surface area contributed by atoms with Crippen molar-refractivity contribution in [2.45, 2.75) is 57.3 Å². The molecule has 0 N–H and O–H groups in total. The average molecular weight is 447 g/mol. The molecule has 0 aliphatic heterocycles. The Labute approximate surface area is 175 Å². The van der Waals surface area contributed by atoms with E-state index in [4.69, 9.17) is 20.1 Å². The predicted octanol–water partition coefficient (Wildman–Crippen LogP) is 7.38. The maximum absolute atomic E-state index is 4.83. The third-order valence-electron chi connectivity index (χ3n) is 4.85. The molecular weight excluding hydrogens is 417 g/mol. The number of hydrogen-bond donors (Lipinski definition) is 0. The van der Waals surface area contributed by atoms with Gasteiger partial charge in [0.25, 0.3) is 0 Å². The van der Waals surface area contributed by atoms with Gasteiger partial charge in [0.2, 0.25) is 0 Å². The molecule has 2 aromatic rings. The van der Waals surface area contributed by atoms with Crippen molar-refractivity contribution in [3.63, 3.8) is 0 Å². The summed E-state index contributed by atoms with van der Waals surface area (Å²) in [7, 11) is 8.51. The number of fused-ring (bicyclic) bond motifs is 1. The topological polar surface area (TPSA) is 12.9 Å². The van der Waals surface area contributed by atoms with Crippen molar-refractivity contribution in [2.75, 3.05) is 0 Å². The molecule has 2 unspecified atom stereocenters. The van der Waals surface area contributed by atoms with E-state index in [2.05, 4.69) is 67.9 Å². The predicted molar refractivity (Wildman–Crippen MR) is 115 cm³/mol. The summed E-state index contributed by atoms with van der Waals surface area (Å²) in [4.78, 5) is 4.47. The molecule has 0 fully saturated rings. The van der Waals surface area contributed by atoms with Gasteiger partial charge in [-0.05, 0) is 54.0 Å². The Morgan fingerprint density at radius 2 is 1.62 bits per heavy atom. The molecular formula is C21H30Cl2CrNSi. The molecule has 0 radical (unpaired) electrons. The van der Waals surface area contributed by atoms with E-state index in [0.717, 1.165) is 17.9 Å². The molecule has 0 bridgehead atoms. The molecule has 3 rings (SSSR count). The van der Waals surface area contributed by atoms with Crippen LogP contribution < -0.4 is 0 Å². The van der Waals surface area contributed by atoms with Gasteiger partial charge in [-0.15, -0.1) is 0 Å². The molecule has 26 heavy (non-hydrogen) atoms. The minimum atomic E-state index is -1.14. The van der Waals surface area contributed by atoms with Gasteiger partial charge in [-0.2, -0.15) is 6.92 Å². The third-order valence-corrected chi connectivity index (χ3v) is 7.49. The van der Waals surface area contributed by atoms with Crippen molar-refractivity contribution in [3.05, 3.63) is 72.4 Å². The zero-order chi connectivity index (χ0) is 19.6. The van der Waals surface area contributed by atoms with Crippen molar-refractivity contribution in [1.29, 1.82) is 0 Å². The first-order chi connectivity index (χ1) is 12.5. The fraction of sp³-hybridized carbons (Fsp3) is 0.429. The first-order valence-electron chi connectivity index (χ1n) is 9.06. The molecule has 1 aromatic heterocycles. The third kappa shape index (κ3) is 7.02. The fourth-order valence-electron chi connectivity index (χ4n) is 3.70. The van der Waals surface area contributed by atoms with E-state index < -0.39 is 8.07 Å². The Kier molecular flexibility index (Phi) is 11.2. The van der Waals surface area contributed by atoms with Crippen LogP contribution in [0.5, 0.6) is 0 Å². The van der Waals surface area contributed by atoms with Gasteiger partial charge in [0.05, 0.1) is 8.07 Å². The van der Waals surface area contributed by atoms with E-state index in [1.807, 2.05) is 12.3 Å². The summed E-state index contributed by atoms with van der Waals surface area (Å²) in [5.74, 6) is 0.722. The molecule has 5 heteroatoms. The van der Waals surface area contributed by atoms with E-state index in [-0.39, 0.29) is 13.4 Å². The Morgan fingerprint density at radius 1 is 1.04 bits per heavy atom. The number of pyridine rings is 1. The summed E-state index contributed by atoms with van der Waals surface area (Å²) < 4.78 is 0. The van der Waals surface area contributed by atoms with Crippen LogP contribution in [-0.2, 0) is 19.8 Å². The molecule has 2 atom stereocenters. The van der Waals surface area contributed by atoms with Crippen LogP contribution in [0.3, 0.4) is 0 Å². The molecule has 0 amide bonds. The summed E-state index contributed by atoms with van der Waals surface area (Å²) in [6.45, 7) is 12.5. The van der Waals surface area contributed by atoms with E-state index in [1.165, 1.54) is 18.5 Å². The molecule has 1 aliphatic carbocycles. The van der Waals surface area contributed by atoms with Crippen molar-refractivity contribution >= 4 is 28.2 Å². The number of aromatic nitrogens is 1. The van der Waals surface area contributed by atoms with Crippen LogP contribution in [0, 0.1) is 6.92 Å². The Balaban J connectivity index is 0.000000615. The molecule has 0 saturated carbocycles. The monoisotopic (exact) mass is 446 g/mol. The SMILES string of the molecule is C[Si](C)(C)C1CC(CCc2ccccn2)c2ccccc21.[CH2-]C.[Cl][Cr+][Cl]. The zero-order valence-corrected chi connectivity index (χ0v) is 20.0. The number of nitrogens with zero attached hydrogens (tertiary/aromatic N) is 1. The molecule has 143 valence electrons. The van der Waals surface area contributed by atoms with Crippen LogP contribution in [0.2, 0.25) is 19.6 Å². The van der Waals surface area contributed by atoms with Crippen LogP contribution >= 0.6 is 20.1 Å². The van der Waals surface area contributed by atoms with Gasteiger partial charge >= 0.3 is 33.5 Å². The van der Waals surface area contributed by atoms with E-state index in [0.29, 0.717) is 0 Å². The Morgan fingerprint density at radius 3 is 2.15 bits per heavy atom. The van der Waals surface area contributed by atoms with Crippen LogP contribution in [0.4, 0.5) is 0 Å². The van der Waals surface area contributed by atoms with Crippen molar-refractivity contribution in [1.82, 2.24) is 4.98 Å². The number of aryl methyl sites for hydroxylation is 1. The summed E-state index contributed by atoms with van der Waals surface area (Å²) in [6.07, 6.45) is 5.58. The number of rotatable bonds is 4. The second kappa shape index (κ2) is 12.2. The van der Waals surface area contributed by atoms with Gasteiger partial charge in [-0.3, -0.25) is 4.98 Å². The Hall–Kier alpha value is -0.301. The standard InChI is InChI=1S/C19H25NSi.C2H5.2ClH.Cr/c1-21(2,3)19-14-15(17-9-4-5-10-18(17)19)11-12-16-8-6-7-13-20-16;1-2;;;/h4-10,13,15,19H,11-12,14H2,1-3H3;1H2,2H3;2*1H;/q;-1;;;+3/p-2. The first-order valence-corrected chi connectivity index (χ1v) is 16.1. The first kappa shape index (κ1) is 23.7. The molecule has 1 heterocycles. The van der Waals surface area contributed by atoms with Gasteiger partial charge in [0.1, 0.15) is 0 Å². The van der Waals surface area contributed by atoms with Crippen molar-refractivity contribution in [3.8, 4) is 0 Å². The van der Waals surface area contributed by atoms with Crippen molar-refractivity contribution in [2.24, 2.45) is 0 Å². The number of halogens is 2. The molecule has 1 nitrogen and oxygen atoms in total. The van der Waals surface area contributed by atoms with E-state index in [1.54, 1.807) is 18.1 Å². The minimum absolute atomic E-state index is 0.181. The van der Waals surface area contributed by atoms with Gasteiger partial charge in [-0.25, -0.2) is 0 Å². The molecule has 0 saturated heterocycles. The van der Waals surface area contributed by atoms with Crippen LogP contribution in [0.1, 0.15) is 48.0 Å². The second-order valence-electron chi connectivity index (χ2n) is 7.40. The summed E-state index contributed by atoms with van der Waals surface area (Å²) >= 11 is -0.181. The number of hydrogen-bond acceptors (Lipinski definition) is 1. The van der Waals surface area contributed by atoms with Crippen LogP contribution in [0.15, 0.2) is 48.7 Å². The van der Waals surface area contributed by atoms with Gasteiger partial charge in [0.15, 0.2) is 0 Å². The van der Waals surface area contributed by atoms with Gasteiger partial charge < -0.3 is 6.92 Å². The zero-order valence-electron chi connectivity index (χ0n) is 16.2. The summed E-state index contributed by atoms with van der Waals surface area (Å²) in [6, 6.07) is 15.4. The summed E-state index contributed by atoms with van der Waals surface area (Å²) in [5.41, 5.74) is 5.30.